The lowest BCUT2D eigenvalue weighted by atomic mass is 10.0. The van der Waals surface area contributed by atoms with E-state index in [9.17, 15) is 9.90 Å². The van der Waals surface area contributed by atoms with Crippen LogP contribution in [-0.2, 0) is 11.2 Å². The molecule has 17 heavy (non-hydrogen) atoms. The molecule has 0 saturated heterocycles. The van der Waals surface area contributed by atoms with E-state index in [2.05, 4.69) is 4.98 Å². The third kappa shape index (κ3) is 1.70. The molecular weight excluding hydrogens is 220 g/mol. The normalized spacial score (nSPS) is 10.4. The van der Waals surface area contributed by atoms with Gasteiger partial charge < -0.3 is 15.2 Å². The number of carboxylic acid groups (broad SMARTS) is 1. The van der Waals surface area contributed by atoms with E-state index < -0.39 is 5.97 Å². The molecular formula is C12H10N2O3. The number of benzene rings is 1. The van der Waals surface area contributed by atoms with Crippen LogP contribution in [0, 0.1) is 18.3 Å². The Kier molecular flexibility index (Phi) is 2.48. The van der Waals surface area contributed by atoms with Gasteiger partial charge in [0.15, 0.2) is 0 Å². The van der Waals surface area contributed by atoms with Crippen LogP contribution in [0.1, 0.15) is 16.8 Å². The van der Waals surface area contributed by atoms with Crippen molar-refractivity contribution in [2.24, 2.45) is 0 Å². The molecule has 2 rings (SSSR count). The lowest BCUT2D eigenvalue weighted by Crippen LogP contribution is -2.01. The Morgan fingerprint density at radius 2 is 2.24 bits per heavy atom. The van der Waals surface area contributed by atoms with Gasteiger partial charge >= 0.3 is 5.97 Å². The predicted molar refractivity (Wildman–Crippen MR) is 60.8 cm³/mol. The van der Waals surface area contributed by atoms with E-state index in [1.165, 1.54) is 6.07 Å². The van der Waals surface area contributed by atoms with Crippen LogP contribution in [-0.4, -0.2) is 21.2 Å². The molecule has 1 aromatic heterocycles. The fraction of sp³-hybridized carbons (Fsp3) is 0.167. The minimum Gasteiger partial charge on any atom is -0.507 e. The predicted octanol–water partition coefficient (Wildman–Crippen LogP) is 1.68. The van der Waals surface area contributed by atoms with Crippen molar-refractivity contribution in [3.05, 3.63) is 29.0 Å². The van der Waals surface area contributed by atoms with E-state index in [4.69, 9.17) is 10.4 Å². The SMILES string of the molecule is Cc1[nH]c2ccc(O)c(C#N)c2c1CC(=O)O. The van der Waals surface area contributed by atoms with Crippen LogP contribution in [0.5, 0.6) is 5.75 Å². The van der Waals surface area contributed by atoms with Crippen LogP contribution < -0.4 is 0 Å². The number of aromatic nitrogens is 1. The quantitative estimate of drug-likeness (QED) is 0.731. The Balaban J connectivity index is 2.83. The maximum atomic E-state index is 10.8. The molecule has 1 heterocycles. The summed E-state index contributed by atoms with van der Waals surface area (Å²) in [5.41, 5.74) is 2.01. The summed E-state index contributed by atoms with van der Waals surface area (Å²) in [5.74, 6) is -1.10. The van der Waals surface area contributed by atoms with Gasteiger partial charge in [0.2, 0.25) is 0 Å². The molecule has 0 saturated carbocycles. The number of aliphatic carboxylic acids is 1. The Morgan fingerprint density at radius 3 is 2.82 bits per heavy atom. The summed E-state index contributed by atoms with van der Waals surface area (Å²) in [6.07, 6.45) is -0.177. The first kappa shape index (κ1) is 11.0. The van der Waals surface area contributed by atoms with E-state index in [1.807, 2.05) is 6.07 Å². The summed E-state index contributed by atoms with van der Waals surface area (Å²) in [4.78, 5) is 13.8. The van der Waals surface area contributed by atoms with Gasteiger partial charge in [0.25, 0.3) is 0 Å². The molecule has 0 aliphatic carbocycles. The van der Waals surface area contributed by atoms with Crippen LogP contribution in [0.2, 0.25) is 0 Å². The number of carbonyl (C=O) groups is 1. The minimum atomic E-state index is -0.971. The molecule has 0 radical (unpaired) electrons. The number of rotatable bonds is 2. The van der Waals surface area contributed by atoms with Crippen molar-refractivity contribution in [1.82, 2.24) is 4.98 Å². The standard InChI is InChI=1S/C12H10N2O3/c1-6-7(4-11(16)17)12-8(5-13)10(15)3-2-9(12)14-6/h2-3,14-15H,4H2,1H3,(H,16,17). The fourth-order valence-corrected chi connectivity index (χ4v) is 1.96. The number of hydrogen-bond donors (Lipinski definition) is 3. The molecule has 0 spiro atoms. The van der Waals surface area contributed by atoms with Crippen LogP contribution in [0.3, 0.4) is 0 Å². The average molecular weight is 230 g/mol. The number of aromatic hydroxyl groups is 1. The maximum absolute atomic E-state index is 10.8. The molecule has 2 aromatic rings. The van der Waals surface area contributed by atoms with Gasteiger partial charge in [-0.3, -0.25) is 4.79 Å². The molecule has 5 heteroatoms. The molecule has 0 atom stereocenters. The number of carboxylic acids is 1. The first-order chi connectivity index (χ1) is 8.04. The summed E-state index contributed by atoms with van der Waals surface area (Å²) in [6.45, 7) is 1.75. The summed E-state index contributed by atoms with van der Waals surface area (Å²) in [7, 11) is 0. The first-order valence-corrected chi connectivity index (χ1v) is 4.99. The van der Waals surface area contributed by atoms with Crippen molar-refractivity contribution in [2.75, 3.05) is 0 Å². The monoisotopic (exact) mass is 230 g/mol. The van der Waals surface area contributed by atoms with Crippen molar-refractivity contribution in [3.63, 3.8) is 0 Å². The second kappa shape index (κ2) is 3.83. The molecule has 0 amide bonds. The molecule has 0 fully saturated rings. The van der Waals surface area contributed by atoms with Crippen molar-refractivity contribution in [1.29, 1.82) is 5.26 Å². The van der Waals surface area contributed by atoms with Gasteiger partial charge in [0, 0.05) is 16.6 Å². The third-order valence-corrected chi connectivity index (χ3v) is 2.70. The van der Waals surface area contributed by atoms with Crippen LogP contribution in [0.4, 0.5) is 0 Å². The summed E-state index contributed by atoms with van der Waals surface area (Å²) in [5, 5.41) is 27.9. The van der Waals surface area contributed by atoms with E-state index in [1.54, 1.807) is 13.0 Å². The molecule has 86 valence electrons. The zero-order chi connectivity index (χ0) is 12.6. The second-order valence-corrected chi connectivity index (χ2v) is 3.79. The Hall–Kier alpha value is -2.48. The van der Waals surface area contributed by atoms with E-state index in [0.29, 0.717) is 22.2 Å². The molecule has 3 N–H and O–H groups in total. The van der Waals surface area contributed by atoms with Crippen molar-refractivity contribution in [3.8, 4) is 11.8 Å². The molecule has 1 aromatic carbocycles. The Labute approximate surface area is 96.9 Å². The summed E-state index contributed by atoms with van der Waals surface area (Å²) >= 11 is 0. The number of aromatic amines is 1. The van der Waals surface area contributed by atoms with E-state index in [-0.39, 0.29) is 17.7 Å². The first-order valence-electron chi connectivity index (χ1n) is 4.99. The summed E-state index contributed by atoms with van der Waals surface area (Å²) in [6, 6.07) is 4.95. The number of aryl methyl sites for hydroxylation is 1. The Bertz CT molecular complexity index is 650. The molecule has 5 nitrogen and oxygen atoms in total. The topological polar surface area (TPSA) is 97.1 Å². The molecule has 0 aliphatic rings. The number of fused-ring (bicyclic) bond motifs is 1. The van der Waals surface area contributed by atoms with Gasteiger partial charge in [0.1, 0.15) is 17.4 Å². The number of H-pyrrole nitrogens is 1. The van der Waals surface area contributed by atoms with Crippen LogP contribution >= 0.6 is 0 Å². The van der Waals surface area contributed by atoms with Crippen LogP contribution in [0.15, 0.2) is 12.1 Å². The highest BCUT2D eigenvalue weighted by atomic mass is 16.4. The van der Waals surface area contributed by atoms with Gasteiger partial charge in [-0.25, -0.2) is 0 Å². The minimum absolute atomic E-state index is 0.114. The smallest absolute Gasteiger partial charge is 0.307 e. The number of nitrogens with zero attached hydrogens (tertiary/aromatic N) is 1. The van der Waals surface area contributed by atoms with E-state index >= 15 is 0 Å². The fourth-order valence-electron chi connectivity index (χ4n) is 1.96. The molecule has 0 bridgehead atoms. The number of phenols is 1. The van der Waals surface area contributed by atoms with Crippen LogP contribution in [0.25, 0.3) is 10.9 Å². The number of phenolic OH excluding ortho intramolecular Hbond substituents is 1. The second-order valence-electron chi connectivity index (χ2n) is 3.79. The van der Waals surface area contributed by atoms with Gasteiger partial charge in [-0.1, -0.05) is 0 Å². The van der Waals surface area contributed by atoms with Crippen molar-refractivity contribution < 1.29 is 15.0 Å². The van der Waals surface area contributed by atoms with Gasteiger partial charge in [-0.05, 0) is 24.6 Å². The zero-order valence-corrected chi connectivity index (χ0v) is 9.11. The molecule has 0 aliphatic heterocycles. The lowest BCUT2D eigenvalue weighted by molar-refractivity contribution is -0.136. The highest BCUT2D eigenvalue weighted by Gasteiger charge is 2.17. The van der Waals surface area contributed by atoms with Gasteiger partial charge in [-0.15, -0.1) is 0 Å². The summed E-state index contributed by atoms with van der Waals surface area (Å²) < 4.78 is 0. The van der Waals surface area contributed by atoms with Gasteiger partial charge in [-0.2, -0.15) is 5.26 Å². The van der Waals surface area contributed by atoms with Crippen molar-refractivity contribution in [2.45, 2.75) is 13.3 Å². The number of nitrogens with one attached hydrogen (secondary N) is 1. The Morgan fingerprint density at radius 1 is 1.53 bits per heavy atom. The highest BCUT2D eigenvalue weighted by molar-refractivity contribution is 5.94. The zero-order valence-electron chi connectivity index (χ0n) is 9.11. The third-order valence-electron chi connectivity index (χ3n) is 2.70. The largest absolute Gasteiger partial charge is 0.507 e. The lowest BCUT2D eigenvalue weighted by Gasteiger charge is -2.01. The highest BCUT2D eigenvalue weighted by Crippen LogP contribution is 2.31. The number of hydrogen-bond acceptors (Lipinski definition) is 3. The average Bonchev–Trinajstić information content (AvgIpc) is 2.56. The van der Waals surface area contributed by atoms with Gasteiger partial charge in [0.05, 0.1) is 6.42 Å². The number of nitriles is 1. The van der Waals surface area contributed by atoms with E-state index in [0.717, 1.165) is 0 Å². The molecule has 0 unspecified atom stereocenters. The maximum Gasteiger partial charge on any atom is 0.307 e. The van der Waals surface area contributed by atoms with Crippen molar-refractivity contribution >= 4 is 16.9 Å².